The van der Waals surface area contributed by atoms with Crippen LogP contribution < -0.4 is 10.6 Å². The highest BCUT2D eigenvalue weighted by atomic mass is 32.1. The molecule has 0 bridgehead atoms. The van der Waals surface area contributed by atoms with E-state index in [1.54, 1.807) is 11.3 Å². The molecular weight excluding hydrogens is 370 g/mol. The SMILES string of the molecule is Cc1nn(-c2ccccc2)c(C)c1CC(=O)Nc1ncc(C2CCNCC2)s1. The normalized spacial score (nSPS) is 14.9. The number of carbonyl (C=O) groups excluding carboxylic acids is 1. The number of carbonyl (C=O) groups is 1. The van der Waals surface area contributed by atoms with Crippen LogP contribution in [0.5, 0.6) is 0 Å². The number of anilines is 1. The van der Waals surface area contributed by atoms with E-state index in [1.165, 1.54) is 4.88 Å². The molecule has 28 heavy (non-hydrogen) atoms. The standard InChI is InChI=1S/C21H25N5OS/c1-14-18(15(2)26(25-14)17-6-4-3-5-7-17)12-20(27)24-21-23-13-19(28-21)16-8-10-22-11-9-16/h3-7,13,16,22H,8-12H2,1-2H3,(H,23,24,27). The Kier molecular flexibility index (Phi) is 5.54. The van der Waals surface area contributed by atoms with Crippen LogP contribution in [0.1, 0.15) is 40.6 Å². The Balaban J connectivity index is 1.44. The van der Waals surface area contributed by atoms with E-state index in [9.17, 15) is 4.79 Å². The second-order valence-electron chi connectivity index (χ2n) is 7.21. The van der Waals surface area contributed by atoms with Gasteiger partial charge in [0.1, 0.15) is 0 Å². The first-order valence-electron chi connectivity index (χ1n) is 9.68. The van der Waals surface area contributed by atoms with Crippen molar-refractivity contribution in [2.45, 2.75) is 39.0 Å². The first-order chi connectivity index (χ1) is 13.6. The fraction of sp³-hybridized carbons (Fsp3) is 0.381. The summed E-state index contributed by atoms with van der Waals surface area (Å²) in [6.07, 6.45) is 4.48. The van der Waals surface area contributed by atoms with Gasteiger partial charge in [0.2, 0.25) is 5.91 Å². The molecule has 1 amide bonds. The number of thiazole rings is 1. The topological polar surface area (TPSA) is 71.8 Å². The van der Waals surface area contributed by atoms with Crippen molar-refractivity contribution in [3.05, 3.63) is 58.4 Å². The molecule has 0 atom stereocenters. The van der Waals surface area contributed by atoms with Crippen LogP contribution in [0.2, 0.25) is 0 Å². The van der Waals surface area contributed by atoms with E-state index in [2.05, 4.69) is 20.7 Å². The van der Waals surface area contributed by atoms with E-state index in [4.69, 9.17) is 0 Å². The Morgan fingerprint density at radius 1 is 1.25 bits per heavy atom. The highest BCUT2D eigenvalue weighted by Crippen LogP contribution is 2.31. The molecule has 3 heterocycles. The van der Waals surface area contributed by atoms with Gasteiger partial charge in [0.05, 0.1) is 17.8 Å². The largest absolute Gasteiger partial charge is 0.317 e. The van der Waals surface area contributed by atoms with Gasteiger partial charge in [-0.15, -0.1) is 11.3 Å². The Bertz CT molecular complexity index is 957. The van der Waals surface area contributed by atoms with Crippen molar-refractivity contribution in [3.63, 3.8) is 0 Å². The van der Waals surface area contributed by atoms with Gasteiger partial charge in [-0.2, -0.15) is 5.10 Å². The number of rotatable bonds is 5. The Labute approximate surface area is 169 Å². The number of para-hydroxylation sites is 1. The number of nitrogens with one attached hydrogen (secondary N) is 2. The van der Waals surface area contributed by atoms with E-state index in [-0.39, 0.29) is 5.91 Å². The lowest BCUT2D eigenvalue weighted by molar-refractivity contribution is -0.115. The molecular formula is C21H25N5OS. The average Bonchev–Trinajstić information content (AvgIpc) is 3.29. The van der Waals surface area contributed by atoms with Crippen molar-refractivity contribution in [1.29, 1.82) is 0 Å². The molecule has 1 aromatic carbocycles. The van der Waals surface area contributed by atoms with Gasteiger partial charge in [-0.05, 0) is 57.8 Å². The molecule has 0 aliphatic carbocycles. The lowest BCUT2D eigenvalue weighted by atomic mass is 9.97. The van der Waals surface area contributed by atoms with Crippen LogP contribution in [0.3, 0.4) is 0 Å². The zero-order valence-corrected chi connectivity index (χ0v) is 17.1. The predicted octanol–water partition coefficient (Wildman–Crippen LogP) is 3.59. The van der Waals surface area contributed by atoms with E-state index in [1.807, 2.05) is 55.1 Å². The predicted molar refractivity (Wildman–Crippen MR) is 112 cm³/mol. The minimum absolute atomic E-state index is 0.0509. The van der Waals surface area contributed by atoms with Gasteiger partial charge in [0, 0.05) is 22.3 Å². The van der Waals surface area contributed by atoms with Crippen LogP contribution in [0.15, 0.2) is 36.5 Å². The highest BCUT2D eigenvalue weighted by molar-refractivity contribution is 7.15. The van der Waals surface area contributed by atoms with Crippen molar-refractivity contribution in [3.8, 4) is 5.69 Å². The van der Waals surface area contributed by atoms with Crippen molar-refractivity contribution < 1.29 is 4.79 Å². The Morgan fingerprint density at radius 2 is 2.00 bits per heavy atom. The van der Waals surface area contributed by atoms with E-state index >= 15 is 0 Å². The lowest BCUT2D eigenvalue weighted by Crippen LogP contribution is -2.26. The second kappa shape index (κ2) is 8.24. The number of aryl methyl sites for hydroxylation is 1. The molecule has 146 valence electrons. The number of hydrogen-bond donors (Lipinski definition) is 2. The molecule has 1 saturated heterocycles. The van der Waals surface area contributed by atoms with Crippen molar-refractivity contribution in [2.24, 2.45) is 0 Å². The van der Waals surface area contributed by atoms with E-state index in [0.29, 0.717) is 17.5 Å². The van der Waals surface area contributed by atoms with Gasteiger partial charge < -0.3 is 10.6 Å². The third-order valence-electron chi connectivity index (χ3n) is 5.29. The summed E-state index contributed by atoms with van der Waals surface area (Å²) in [7, 11) is 0. The average molecular weight is 396 g/mol. The van der Waals surface area contributed by atoms with E-state index in [0.717, 1.165) is 48.6 Å². The van der Waals surface area contributed by atoms with Gasteiger partial charge in [-0.1, -0.05) is 18.2 Å². The van der Waals surface area contributed by atoms with Crippen LogP contribution in [0, 0.1) is 13.8 Å². The summed E-state index contributed by atoms with van der Waals surface area (Å²) in [6, 6.07) is 9.99. The first kappa shape index (κ1) is 18.8. The maximum absolute atomic E-state index is 12.6. The molecule has 0 saturated carbocycles. The number of hydrogen-bond acceptors (Lipinski definition) is 5. The maximum atomic E-state index is 12.6. The molecule has 3 aromatic rings. The zero-order chi connectivity index (χ0) is 19.5. The molecule has 1 aliphatic heterocycles. The number of aromatic nitrogens is 3. The van der Waals surface area contributed by atoms with E-state index < -0.39 is 0 Å². The van der Waals surface area contributed by atoms with Crippen molar-refractivity contribution >= 4 is 22.4 Å². The van der Waals surface area contributed by atoms with Gasteiger partial charge >= 0.3 is 0 Å². The second-order valence-corrected chi connectivity index (χ2v) is 8.28. The quantitative estimate of drug-likeness (QED) is 0.692. The molecule has 2 N–H and O–H groups in total. The summed E-state index contributed by atoms with van der Waals surface area (Å²) in [6.45, 7) is 6.06. The van der Waals surface area contributed by atoms with Crippen LogP contribution >= 0.6 is 11.3 Å². The summed E-state index contributed by atoms with van der Waals surface area (Å²) in [5.41, 5.74) is 3.84. The Morgan fingerprint density at radius 3 is 2.75 bits per heavy atom. The lowest BCUT2D eigenvalue weighted by Gasteiger charge is -2.20. The molecule has 4 rings (SSSR count). The first-order valence-corrected chi connectivity index (χ1v) is 10.5. The summed E-state index contributed by atoms with van der Waals surface area (Å²) < 4.78 is 1.90. The minimum atomic E-state index is -0.0509. The fourth-order valence-electron chi connectivity index (χ4n) is 3.71. The molecule has 0 radical (unpaired) electrons. The summed E-state index contributed by atoms with van der Waals surface area (Å²) >= 11 is 1.60. The van der Waals surface area contributed by atoms with Gasteiger partial charge in [0.15, 0.2) is 5.13 Å². The summed E-state index contributed by atoms with van der Waals surface area (Å²) in [4.78, 5) is 18.3. The minimum Gasteiger partial charge on any atom is -0.317 e. The van der Waals surface area contributed by atoms with Gasteiger partial charge in [0.25, 0.3) is 0 Å². The van der Waals surface area contributed by atoms with Gasteiger partial charge in [-0.3, -0.25) is 4.79 Å². The third-order valence-corrected chi connectivity index (χ3v) is 6.37. The molecule has 0 unspecified atom stereocenters. The monoisotopic (exact) mass is 395 g/mol. The molecule has 0 spiro atoms. The summed E-state index contributed by atoms with van der Waals surface area (Å²) in [5, 5.41) is 11.7. The van der Waals surface area contributed by atoms with Crippen LogP contribution in [-0.4, -0.2) is 33.8 Å². The molecule has 1 fully saturated rings. The molecule has 2 aromatic heterocycles. The van der Waals surface area contributed by atoms with Crippen molar-refractivity contribution in [1.82, 2.24) is 20.1 Å². The molecule has 6 nitrogen and oxygen atoms in total. The fourth-order valence-corrected chi connectivity index (χ4v) is 4.72. The number of benzene rings is 1. The summed E-state index contributed by atoms with van der Waals surface area (Å²) in [5.74, 6) is 0.503. The van der Waals surface area contributed by atoms with Crippen molar-refractivity contribution in [2.75, 3.05) is 18.4 Å². The van der Waals surface area contributed by atoms with Gasteiger partial charge in [-0.25, -0.2) is 9.67 Å². The third kappa shape index (κ3) is 4.00. The number of piperidine rings is 1. The molecule has 1 aliphatic rings. The zero-order valence-electron chi connectivity index (χ0n) is 16.2. The highest BCUT2D eigenvalue weighted by Gasteiger charge is 2.20. The molecule has 7 heteroatoms. The van der Waals surface area contributed by atoms with Crippen LogP contribution in [-0.2, 0) is 11.2 Å². The Hall–Kier alpha value is -2.51. The number of amides is 1. The maximum Gasteiger partial charge on any atom is 0.230 e. The van der Waals surface area contributed by atoms with Crippen LogP contribution in [0.25, 0.3) is 5.69 Å². The smallest absolute Gasteiger partial charge is 0.230 e. The van der Waals surface area contributed by atoms with Crippen LogP contribution in [0.4, 0.5) is 5.13 Å². The number of nitrogens with zero attached hydrogens (tertiary/aromatic N) is 3.